The van der Waals surface area contributed by atoms with Crippen LogP contribution in [0, 0.1) is 41.4 Å². The first-order valence-corrected chi connectivity index (χ1v) is 26.1. The zero-order valence-electron chi connectivity index (χ0n) is 40.8. The lowest BCUT2D eigenvalue weighted by Gasteiger charge is -2.52. The number of ketones is 1. The van der Waals surface area contributed by atoms with Gasteiger partial charge in [0.05, 0.1) is 76.3 Å². The number of carboxylic acid groups (broad SMARTS) is 1. The van der Waals surface area contributed by atoms with Gasteiger partial charge < -0.3 is 39.0 Å². The van der Waals surface area contributed by atoms with Crippen LogP contribution in [0.25, 0.3) is 0 Å². The zero-order chi connectivity index (χ0) is 49.6. The van der Waals surface area contributed by atoms with E-state index in [0.29, 0.717) is 57.8 Å². The average Bonchev–Trinajstić information content (AvgIpc) is 3.69. The molecule has 5 aliphatic rings. The molecule has 19 atom stereocenters. The largest absolute Gasteiger partial charge is 0.481 e. The molecule has 5 aliphatic heterocycles. The summed E-state index contributed by atoms with van der Waals surface area (Å²) < 4.78 is 105. The Balaban J connectivity index is 1.26. The second-order valence-electron chi connectivity index (χ2n) is 20.9. The molecule has 1 spiro atoms. The predicted octanol–water partition coefficient (Wildman–Crippen LogP) is 8.23. The first-order chi connectivity index (χ1) is 31.2. The van der Waals surface area contributed by atoms with Crippen molar-refractivity contribution in [2.45, 2.75) is 216 Å². The standard InChI is InChI=1S/C50H76F3NO12S/c1-11-35(46(57)58)38-19-14-27(4)43(63-38)31(8)41(55)30(7)42(56)36(12-2)44-28(5)26-29(6)49(65-44)25-20-37(54-67(60,61)34-17-15-33(16-18-34)50(51,52)53)45(66-49)39-21-23-47(10,64-39)40-22-24-48(59,13-3)32(9)62-40/h15-18,20,25,27-32,35-41,43-45,54-55,59H,11-14,19,21-24,26H2,1-10H3,(H,57,58)/t27-,28-,29+,30-,31-,32-,35+,36-,37+,38+,39?,40+,41+,43+,44-,45?,47-,48+,49-/m0/s1. The van der Waals surface area contributed by atoms with E-state index in [2.05, 4.69) is 4.72 Å². The number of rotatable bonds is 16. The number of halogens is 3. The van der Waals surface area contributed by atoms with Gasteiger partial charge in [-0.25, -0.2) is 13.1 Å². The highest BCUT2D eigenvalue weighted by Gasteiger charge is 2.57. The Morgan fingerprint density at radius 1 is 0.881 bits per heavy atom. The summed E-state index contributed by atoms with van der Waals surface area (Å²) in [5.74, 6) is -5.60. The maximum atomic E-state index is 14.7. The third kappa shape index (κ3) is 11.0. The Bertz CT molecular complexity index is 2020. The zero-order valence-corrected chi connectivity index (χ0v) is 41.6. The summed E-state index contributed by atoms with van der Waals surface area (Å²) in [4.78, 5) is 26.4. The number of carbonyl (C=O) groups is 2. The highest BCUT2D eigenvalue weighted by atomic mass is 32.2. The van der Waals surface area contributed by atoms with Crippen LogP contribution in [0.2, 0.25) is 0 Å². The predicted molar refractivity (Wildman–Crippen MR) is 243 cm³/mol. The molecule has 1 aromatic carbocycles. The monoisotopic (exact) mass is 972 g/mol. The number of carbonyl (C=O) groups excluding carboxylic acids is 1. The fourth-order valence-corrected chi connectivity index (χ4v) is 13.1. The normalized spacial score (nSPS) is 39.7. The van der Waals surface area contributed by atoms with Crippen LogP contribution in [0.4, 0.5) is 13.2 Å². The number of nitrogens with one attached hydrogen (secondary N) is 1. The van der Waals surface area contributed by atoms with Gasteiger partial charge >= 0.3 is 12.1 Å². The van der Waals surface area contributed by atoms with Crippen molar-refractivity contribution in [2.75, 3.05) is 0 Å². The van der Waals surface area contributed by atoms with E-state index in [-0.39, 0.29) is 34.5 Å². The topological polar surface area (TPSA) is 187 Å². The first kappa shape index (κ1) is 53.9. The molecular formula is C50H76F3NO12S. The molecule has 2 unspecified atom stereocenters. The van der Waals surface area contributed by atoms with Crippen molar-refractivity contribution in [3.8, 4) is 0 Å². The van der Waals surface area contributed by atoms with E-state index in [1.807, 2.05) is 62.3 Å². The second kappa shape index (κ2) is 20.7. The maximum Gasteiger partial charge on any atom is 0.416 e. The number of hydrogen-bond acceptors (Lipinski definition) is 11. The number of aliphatic carboxylic acids is 1. The summed E-state index contributed by atoms with van der Waals surface area (Å²) in [7, 11) is -4.41. The average molecular weight is 972 g/mol. The quantitative estimate of drug-likeness (QED) is 0.117. The van der Waals surface area contributed by atoms with Crippen molar-refractivity contribution in [3.63, 3.8) is 0 Å². The van der Waals surface area contributed by atoms with Crippen LogP contribution < -0.4 is 4.72 Å². The van der Waals surface area contributed by atoms with Gasteiger partial charge in [0.25, 0.3) is 0 Å². The number of benzene rings is 1. The van der Waals surface area contributed by atoms with Gasteiger partial charge in [0.2, 0.25) is 10.0 Å². The van der Waals surface area contributed by atoms with Gasteiger partial charge in [-0.1, -0.05) is 61.5 Å². The lowest BCUT2D eigenvalue weighted by molar-refractivity contribution is -0.327. The van der Waals surface area contributed by atoms with Crippen molar-refractivity contribution in [1.29, 1.82) is 0 Å². The van der Waals surface area contributed by atoms with Crippen molar-refractivity contribution in [1.82, 2.24) is 4.72 Å². The fraction of sp³-hybridized carbons (Fsp3) is 0.800. The highest BCUT2D eigenvalue weighted by Crippen LogP contribution is 2.49. The molecule has 13 nitrogen and oxygen atoms in total. The smallest absolute Gasteiger partial charge is 0.416 e. The van der Waals surface area contributed by atoms with Crippen molar-refractivity contribution >= 4 is 21.8 Å². The summed E-state index contributed by atoms with van der Waals surface area (Å²) in [5.41, 5.74) is -2.79. The molecule has 6 rings (SSSR count). The number of aliphatic hydroxyl groups excluding tert-OH is 1. The van der Waals surface area contributed by atoms with Crippen LogP contribution in [0.3, 0.4) is 0 Å². The molecule has 0 saturated carbocycles. The molecule has 4 N–H and O–H groups in total. The molecule has 1 aromatic rings. The minimum Gasteiger partial charge on any atom is -0.481 e. The molecule has 0 aromatic heterocycles. The molecule has 380 valence electrons. The van der Waals surface area contributed by atoms with E-state index >= 15 is 0 Å². The number of alkyl halides is 3. The van der Waals surface area contributed by atoms with Crippen molar-refractivity contribution < 1.29 is 70.2 Å². The third-order valence-electron chi connectivity index (χ3n) is 16.5. The van der Waals surface area contributed by atoms with E-state index in [1.54, 1.807) is 19.1 Å². The summed E-state index contributed by atoms with van der Waals surface area (Å²) in [6.45, 7) is 19.0. The number of aliphatic hydroxyl groups is 2. The van der Waals surface area contributed by atoms with E-state index in [0.717, 1.165) is 30.7 Å². The van der Waals surface area contributed by atoms with Crippen molar-refractivity contribution in [2.24, 2.45) is 41.4 Å². The van der Waals surface area contributed by atoms with Gasteiger partial charge in [-0.15, -0.1) is 0 Å². The summed E-state index contributed by atoms with van der Waals surface area (Å²) in [6.07, 6.45) is -1.37. The van der Waals surface area contributed by atoms with E-state index in [4.69, 9.17) is 23.7 Å². The number of sulfonamides is 1. The number of hydrogen-bond donors (Lipinski definition) is 4. The SMILES string of the molecule is CC[C@@H](C(=O)[C@@H](C)[C@@H](O)[C@H](C)[C@@H]1O[C@@H]([C@@H](CC)C(=O)O)CC[C@@H]1C)[C@H]1O[C@]2(C=C[C@@H](NS(=O)(=O)c3ccc(C(F)(F)F)cc3)C(C3CC[C@@](C)([C@H]4CC[C@](O)(CC)[C@H](C)O4)O3)O2)[C@H](C)C[C@@H]1C. The van der Waals surface area contributed by atoms with Gasteiger partial charge in [0, 0.05) is 23.7 Å². The maximum absolute atomic E-state index is 14.7. The minimum atomic E-state index is -4.66. The van der Waals surface area contributed by atoms with Gasteiger partial charge in [0.1, 0.15) is 11.9 Å². The second-order valence-corrected chi connectivity index (χ2v) is 22.6. The van der Waals surface area contributed by atoms with Gasteiger partial charge in [-0.3, -0.25) is 9.59 Å². The van der Waals surface area contributed by atoms with Gasteiger partial charge in [0.15, 0.2) is 5.79 Å². The van der Waals surface area contributed by atoms with Crippen molar-refractivity contribution in [3.05, 3.63) is 42.0 Å². The van der Waals surface area contributed by atoms with Gasteiger partial charge in [-0.05, 0) is 120 Å². The third-order valence-corrected chi connectivity index (χ3v) is 18.0. The first-order valence-electron chi connectivity index (χ1n) is 24.6. The number of Topliss-reactive ketones (excluding diaryl/α,β-unsaturated/α-hetero) is 1. The lowest BCUT2D eigenvalue weighted by atomic mass is 9.72. The van der Waals surface area contributed by atoms with E-state index in [9.17, 15) is 46.5 Å². The molecule has 5 heterocycles. The molecule has 0 amide bonds. The van der Waals surface area contributed by atoms with Crippen LogP contribution in [-0.2, 0) is 49.5 Å². The number of carboxylic acids is 1. The summed E-state index contributed by atoms with van der Waals surface area (Å²) in [5, 5.41) is 32.9. The molecule has 0 aliphatic carbocycles. The Hall–Kier alpha value is -2.48. The van der Waals surface area contributed by atoms with Crippen LogP contribution in [-0.4, -0.2) is 107 Å². The van der Waals surface area contributed by atoms with Crippen LogP contribution in [0.1, 0.15) is 139 Å². The fourth-order valence-electron chi connectivity index (χ4n) is 11.9. The molecule has 0 bridgehead atoms. The summed E-state index contributed by atoms with van der Waals surface area (Å²) in [6, 6.07) is 2.22. The van der Waals surface area contributed by atoms with Gasteiger partial charge in [-0.2, -0.15) is 13.2 Å². The Kier molecular flexibility index (Phi) is 16.6. The molecule has 4 saturated heterocycles. The molecule has 17 heteroatoms. The highest BCUT2D eigenvalue weighted by molar-refractivity contribution is 7.89. The minimum absolute atomic E-state index is 0.0347. The Morgan fingerprint density at radius 2 is 1.54 bits per heavy atom. The van der Waals surface area contributed by atoms with E-state index in [1.165, 1.54) is 0 Å². The molecule has 0 radical (unpaired) electrons. The Morgan fingerprint density at radius 3 is 2.12 bits per heavy atom. The summed E-state index contributed by atoms with van der Waals surface area (Å²) >= 11 is 0. The Labute approximate surface area is 395 Å². The number of ether oxygens (including phenoxy) is 5. The van der Waals surface area contributed by atoms with Crippen LogP contribution >= 0.6 is 0 Å². The molecule has 67 heavy (non-hydrogen) atoms. The lowest BCUT2D eigenvalue weighted by Crippen LogP contribution is -2.62. The molecule has 4 fully saturated rings. The van der Waals surface area contributed by atoms with Crippen LogP contribution in [0.15, 0.2) is 41.3 Å². The molecular weight excluding hydrogens is 896 g/mol. The van der Waals surface area contributed by atoms with Crippen LogP contribution in [0.5, 0.6) is 0 Å². The van der Waals surface area contributed by atoms with E-state index < -0.39 is 117 Å².